The maximum atomic E-state index is 13.6. The number of aliphatic hydroxyl groups is 1. The second-order valence-electron chi connectivity index (χ2n) is 14.7. The van der Waals surface area contributed by atoms with Crippen LogP contribution in [0.1, 0.15) is 112 Å². The number of benzene rings is 1. The fourth-order valence-electron chi connectivity index (χ4n) is 10.3. The monoisotopic (exact) mass is 570 g/mol. The molecule has 9 atom stereocenters. The summed E-state index contributed by atoms with van der Waals surface area (Å²) in [6.07, 6.45) is 15.2. The van der Waals surface area contributed by atoms with E-state index in [1.165, 1.54) is 37.7 Å². The van der Waals surface area contributed by atoms with Crippen molar-refractivity contribution in [3.05, 3.63) is 42.0 Å². The molecule has 0 radical (unpaired) electrons. The molecule has 0 aliphatic heterocycles. The molecule has 0 heterocycles. The summed E-state index contributed by atoms with van der Waals surface area (Å²) in [5.74, 6) is 3.03. The van der Waals surface area contributed by atoms with E-state index in [0.29, 0.717) is 29.6 Å². The second-order valence-corrected chi connectivity index (χ2v) is 16.2. The van der Waals surface area contributed by atoms with Gasteiger partial charge in [-0.25, -0.2) is 0 Å². The number of allylic oxidation sites excluding steroid dienone is 1. The highest BCUT2D eigenvalue weighted by Crippen LogP contribution is 2.68. The van der Waals surface area contributed by atoms with Crippen LogP contribution in [0.4, 0.5) is 0 Å². The Labute approximate surface area is 244 Å². The molecule has 0 spiro atoms. The minimum absolute atomic E-state index is 0.0855. The largest absolute Gasteiger partial charge is 0.393 e. The first kappa shape index (κ1) is 30.3. The van der Waals surface area contributed by atoms with Gasteiger partial charge >= 0.3 is 0 Å². The van der Waals surface area contributed by atoms with Crippen LogP contribution in [0.25, 0.3) is 0 Å². The van der Waals surface area contributed by atoms with Crippen LogP contribution in [0.3, 0.4) is 0 Å². The lowest BCUT2D eigenvalue weighted by Crippen LogP contribution is -2.52. The van der Waals surface area contributed by atoms with Crippen LogP contribution in [0.15, 0.2) is 46.9 Å². The lowest BCUT2D eigenvalue weighted by molar-refractivity contribution is -0.0690. The predicted molar refractivity (Wildman–Crippen MR) is 162 cm³/mol. The molecule has 5 heteroatoms. The van der Waals surface area contributed by atoms with Crippen LogP contribution in [0.5, 0.6) is 0 Å². The molecular formula is C35H54O4S. The van der Waals surface area contributed by atoms with Gasteiger partial charge in [0.15, 0.2) is 0 Å². The van der Waals surface area contributed by atoms with Gasteiger partial charge in [0, 0.05) is 0 Å². The lowest BCUT2D eigenvalue weighted by atomic mass is 9.45. The van der Waals surface area contributed by atoms with Crippen molar-refractivity contribution in [2.24, 2.45) is 46.3 Å². The average molecular weight is 571 g/mol. The van der Waals surface area contributed by atoms with Crippen molar-refractivity contribution in [1.82, 2.24) is 0 Å². The highest BCUT2D eigenvalue weighted by Gasteiger charge is 2.63. The van der Waals surface area contributed by atoms with Gasteiger partial charge in [-0.3, -0.25) is 4.18 Å². The molecule has 1 N–H and O–H groups in total. The van der Waals surface area contributed by atoms with Gasteiger partial charge in [0.1, 0.15) is 0 Å². The van der Waals surface area contributed by atoms with Crippen LogP contribution >= 0.6 is 0 Å². The smallest absolute Gasteiger partial charge is 0.297 e. The number of fused-ring (bicyclic) bond motifs is 5. The van der Waals surface area contributed by atoms with Crippen molar-refractivity contribution in [1.29, 1.82) is 0 Å². The van der Waals surface area contributed by atoms with Gasteiger partial charge in [0.05, 0.1) is 17.1 Å². The summed E-state index contributed by atoms with van der Waals surface area (Å²) in [6.45, 7) is 11.8. The Morgan fingerprint density at radius 3 is 2.50 bits per heavy atom. The first-order chi connectivity index (χ1) is 19.0. The standard InChI is InChI=1S/C35H54O4S/c1-6-19-35-21-17-27(36)22-26(35)15-16-29-30(35)18-20-34(5)31(29)23-32(33(34)25(4)12-10-11-24(2)3)39-40(37,38)28-13-8-7-9-14-28/h7-9,13-15,24-25,27,29-33,36H,6,10-12,16-23H2,1-5H3/t25-,27+,29-,30+,31+,32?,33+,34+,35+/m1/s1. The summed E-state index contributed by atoms with van der Waals surface area (Å²) in [7, 11) is -3.83. The number of hydrogen-bond donors (Lipinski definition) is 1. The third kappa shape index (κ3) is 5.49. The normalized spacial score (nSPS) is 38.3. The van der Waals surface area contributed by atoms with Crippen LogP contribution in [0.2, 0.25) is 0 Å². The van der Waals surface area contributed by atoms with Crippen molar-refractivity contribution < 1.29 is 17.7 Å². The van der Waals surface area contributed by atoms with E-state index in [2.05, 4.69) is 40.7 Å². The van der Waals surface area contributed by atoms with E-state index < -0.39 is 10.1 Å². The Kier molecular flexibility index (Phi) is 8.97. The first-order valence-corrected chi connectivity index (χ1v) is 17.8. The van der Waals surface area contributed by atoms with Gasteiger partial charge in [-0.05, 0) is 110 Å². The maximum absolute atomic E-state index is 13.6. The fourth-order valence-corrected chi connectivity index (χ4v) is 11.5. The van der Waals surface area contributed by atoms with Crippen LogP contribution in [-0.2, 0) is 14.3 Å². The maximum Gasteiger partial charge on any atom is 0.297 e. The average Bonchev–Trinajstić information content (AvgIpc) is 3.20. The van der Waals surface area contributed by atoms with Crippen molar-refractivity contribution in [2.75, 3.05) is 0 Å². The molecule has 4 aliphatic carbocycles. The van der Waals surface area contributed by atoms with Crippen LogP contribution < -0.4 is 0 Å². The van der Waals surface area contributed by atoms with E-state index in [4.69, 9.17) is 4.18 Å². The SMILES string of the molecule is CCC[C@]12CC[C@H](O)CC1=CC[C@@H]1[C@@H]2CC[C@]2(C)[C@@H]([C@H](C)CCCC(C)C)C(OS(=O)(=O)c3ccccc3)C[C@@H]12. The topological polar surface area (TPSA) is 63.6 Å². The molecule has 0 amide bonds. The molecule has 40 heavy (non-hydrogen) atoms. The van der Waals surface area contributed by atoms with Gasteiger partial charge in [-0.2, -0.15) is 8.42 Å². The molecule has 0 saturated heterocycles. The highest BCUT2D eigenvalue weighted by atomic mass is 32.2. The van der Waals surface area contributed by atoms with Crippen molar-refractivity contribution >= 4 is 10.1 Å². The zero-order chi connectivity index (χ0) is 28.7. The van der Waals surface area contributed by atoms with E-state index in [9.17, 15) is 13.5 Å². The second kappa shape index (κ2) is 11.8. The number of aliphatic hydroxyl groups excluding tert-OH is 1. The Morgan fingerprint density at radius 2 is 1.80 bits per heavy atom. The Hall–Kier alpha value is -1.17. The third-order valence-electron chi connectivity index (χ3n) is 11.9. The molecule has 4 nitrogen and oxygen atoms in total. The molecule has 5 rings (SSSR count). The third-order valence-corrected chi connectivity index (χ3v) is 13.3. The number of hydrogen-bond acceptors (Lipinski definition) is 4. The molecular weight excluding hydrogens is 516 g/mol. The molecule has 1 aromatic carbocycles. The lowest BCUT2D eigenvalue weighted by Gasteiger charge is -2.59. The Morgan fingerprint density at radius 1 is 1.05 bits per heavy atom. The summed E-state index contributed by atoms with van der Waals surface area (Å²) < 4.78 is 33.4. The summed E-state index contributed by atoms with van der Waals surface area (Å²) in [5.41, 5.74) is 1.85. The Bertz CT molecular complexity index is 1140. The fraction of sp³-hybridized carbons (Fsp3) is 0.771. The molecule has 3 fully saturated rings. The van der Waals surface area contributed by atoms with E-state index in [-0.39, 0.29) is 33.9 Å². The zero-order valence-electron chi connectivity index (χ0n) is 25.6. The number of rotatable bonds is 10. The first-order valence-electron chi connectivity index (χ1n) is 16.4. The molecule has 0 aromatic heterocycles. The molecule has 4 aliphatic rings. The minimum atomic E-state index is -3.83. The van der Waals surface area contributed by atoms with E-state index in [0.717, 1.165) is 44.9 Å². The van der Waals surface area contributed by atoms with E-state index >= 15 is 0 Å². The molecule has 224 valence electrons. The molecule has 1 aromatic rings. The Balaban J connectivity index is 1.47. The molecule has 3 saturated carbocycles. The minimum Gasteiger partial charge on any atom is -0.393 e. The van der Waals surface area contributed by atoms with Gasteiger partial charge in [-0.1, -0.05) is 90.2 Å². The molecule has 1 unspecified atom stereocenters. The van der Waals surface area contributed by atoms with Crippen molar-refractivity contribution in [2.45, 2.75) is 129 Å². The zero-order valence-corrected chi connectivity index (χ0v) is 26.5. The van der Waals surface area contributed by atoms with E-state index in [1.54, 1.807) is 24.3 Å². The highest BCUT2D eigenvalue weighted by molar-refractivity contribution is 7.86. The van der Waals surface area contributed by atoms with Crippen LogP contribution in [-0.4, -0.2) is 25.7 Å². The van der Waals surface area contributed by atoms with Crippen molar-refractivity contribution in [3.63, 3.8) is 0 Å². The van der Waals surface area contributed by atoms with Crippen LogP contribution in [0, 0.1) is 46.3 Å². The summed E-state index contributed by atoms with van der Waals surface area (Å²) in [4.78, 5) is 0.270. The van der Waals surface area contributed by atoms with Gasteiger partial charge in [-0.15, -0.1) is 0 Å². The van der Waals surface area contributed by atoms with Gasteiger partial charge in [0.2, 0.25) is 0 Å². The summed E-state index contributed by atoms with van der Waals surface area (Å²) >= 11 is 0. The summed E-state index contributed by atoms with van der Waals surface area (Å²) in [5, 5.41) is 10.5. The molecule has 0 bridgehead atoms. The van der Waals surface area contributed by atoms with Gasteiger partial charge < -0.3 is 5.11 Å². The van der Waals surface area contributed by atoms with Gasteiger partial charge in [0.25, 0.3) is 10.1 Å². The van der Waals surface area contributed by atoms with E-state index in [1.807, 2.05) is 6.07 Å². The predicted octanol–water partition coefficient (Wildman–Crippen LogP) is 8.55. The van der Waals surface area contributed by atoms with Crippen molar-refractivity contribution in [3.8, 4) is 0 Å². The summed E-state index contributed by atoms with van der Waals surface area (Å²) in [6, 6.07) is 8.74. The quantitative estimate of drug-likeness (QED) is 0.226.